The zero-order chi connectivity index (χ0) is 12.1. The minimum atomic E-state index is 0.370. The first-order valence-electron chi connectivity index (χ1n) is 6.33. The monoisotopic (exact) mass is 251 g/mol. The Bertz CT molecular complexity index is 350. The van der Waals surface area contributed by atoms with E-state index in [2.05, 4.69) is 12.1 Å². The van der Waals surface area contributed by atoms with Crippen LogP contribution in [0.5, 0.6) is 5.75 Å². The van der Waals surface area contributed by atoms with Crippen LogP contribution in [0.3, 0.4) is 0 Å². The minimum absolute atomic E-state index is 0.370. The van der Waals surface area contributed by atoms with Crippen LogP contribution in [-0.2, 0) is 0 Å². The number of benzene rings is 1. The third-order valence-electron chi connectivity index (χ3n) is 3.36. The number of thioether (sulfide) groups is 1. The smallest absolute Gasteiger partial charge is 0.123 e. The van der Waals surface area contributed by atoms with Crippen molar-refractivity contribution < 1.29 is 4.74 Å². The van der Waals surface area contributed by atoms with Crippen molar-refractivity contribution >= 4 is 11.8 Å². The molecule has 0 aliphatic heterocycles. The minimum Gasteiger partial charge on any atom is -0.496 e. The fourth-order valence-corrected chi connectivity index (χ4v) is 3.97. The maximum atomic E-state index is 5.93. The number of para-hydroxylation sites is 1. The van der Waals surface area contributed by atoms with Gasteiger partial charge in [-0.15, -0.1) is 11.8 Å². The summed E-state index contributed by atoms with van der Waals surface area (Å²) in [6, 6.07) is 8.23. The molecule has 1 saturated carbocycles. The Morgan fingerprint density at radius 3 is 2.71 bits per heavy atom. The molecular formula is C14H21NOS. The lowest BCUT2D eigenvalue weighted by atomic mass is 10.1. The van der Waals surface area contributed by atoms with Crippen LogP contribution in [0.2, 0.25) is 0 Å². The molecular weight excluding hydrogens is 230 g/mol. The van der Waals surface area contributed by atoms with E-state index >= 15 is 0 Å². The number of nitrogens with two attached hydrogens (primary N) is 1. The molecule has 0 aromatic heterocycles. The third kappa shape index (κ3) is 3.17. The Balaban J connectivity index is 2.10. The van der Waals surface area contributed by atoms with Gasteiger partial charge in [-0.1, -0.05) is 31.0 Å². The summed E-state index contributed by atoms with van der Waals surface area (Å²) in [4.78, 5) is 0. The highest BCUT2D eigenvalue weighted by molar-refractivity contribution is 8.00. The van der Waals surface area contributed by atoms with Crippen LogP contribution in [0.1, 0.15) is 36.5 Å². The first-order chi connectivity index (χ1) is 8.35. The molecule has 1 aliphatic carbocycles. The van der Waals surface area contributed by atoms with Gasteiger partial charge >= 0.3 is 0 Å². The van der Waals surface area contributed by atoms with E-state index in [1.54, 1.807) is 7.11 Å². The molecule has 1 atom stereocenters. The van der Waals surface area contributed by atoms with E-state index in [4.69, 9.17) is 10.5 Å². The van der Waals surface area contributed by atoms with Gasteiger partial charge in [0.1, 0.15) is 5.75 Å². The number of hydrogen-bond acceptors (Lipinski definition) is 3. The topological polar surface area (TPSA) is 35.2 Å². The fourth-order valence-electron chi connectivity index (χ4n) is 2.44. The van der Waals surface area contributed by atoms with Gasteiger partial charge in [0, 0.05) is 22.6 Å². The zero-order valence-corrected chi connectivity index (χ0v) is 11.2. The molecule has 1 unspecified atom stereocenters. The predicted octanol–water partition coefficient (Wildman–Crippen LogP) is 3.37. The van der Waals surface area contributed by atoms with E-state index in [1.165, 1.54) is 31.2 Å². The molecule has 1 aliphatic rings. The van der Waals surface area contributed by atoms with Gasteiger partial charge in [-0.05, 0) is 18.9 Å². The number of hydrogen-bond donors (Lipinski definition) is 1. The Morgan fingerprint density at radius 1 is 1.35 bits per heavy atom. The van der Waals surface area contributed by atoms with Crippen LogP contribution < -0.4 is 10.5 Å². The van der Waals surface area contributed by atoms with Crippen molar-refractivity contribution in [2.45, 2.75) is 36.2 Å². The highest BCUT2D eigenvalue weighted by Crippen LogP contribution is 2.41. The van der Waals surface area contributed by atoms with E-state index in [0.717, 1.165) is 11.0 Å². The third-order valence-corrected chi connectivity index (χ3v) is 4.99. The molecule has 0 spiro atoms. The fraction of sp³-hybridized carbons (Fsp3) is 0.571. The average Bonchev–Trinajstić information content (AvgIpc) is 2.89. The molecule has 1 aromatic carbocycles. The molecule has 1 aromatic rings. The van der Waals surface area contributed by atoms with Crippen molar-refractivity contribution in [1.29, 1.82) is 0 Å². The van der Waals surface area contributed by atoms with Crippen LogP contribution >= 0.6 is 11.8 Å². The van der Waals surface area contributed by atoms with Crippen molar-refractivity contribution in [2.75, 3.05) is 13.7 Å². The van der Waals surface area contributed by atoms with Crippen LogP contribution in [0.4, 0.5) is 0 Å². The molecule has 2 N–H and O–H groups in total. The highest BCUT2D eigenvalue weighted by atomic mass is 32.2. The van der Waals surface area contributed by atoms with Gasteiger partial charge in [-0.25, -0.2) is 0 Å². The standard InChI is InChI=1S/C14H21NOS/c1-16-13-9-5-4-8-12(13)14(10-15)17-11-6-2-3-7-11/h4-5,8-9,11,14H,2-3,6-7,10,15H2,1H3. The van der Waals surface area contributed by atoms with Gasteiger partial charge in [0.05, 0.1) is 7.11 Å². The zero-order valence-electron chi connectivity index (χ0n) is 10.4. The molecule has 3 heteroatoms. The summed E-state index contributed by atoms with van der Waals surface area (Å²) in [5.74, 6) is 0.966. The molecule has 1 fully saturated rings. The van der Waals surface area contributed by atoms with E-state index in [9.17, 15) is 0 Å². The second-order valence-corrected chi connectivity index (χ2v) is 6.02. The maximum absolute atomic E-state index is 5.93. The SMILES string of the molecule is COc1ccccc1C(CN)SC1CCCC1. The van der Waals surface area contributed by atoms with Gasteiger partial charge < -0.3 is 10.5 Å². The van der Waals surface area contributed by atoms with Crippen LogP contribution in [0, 0.1) is 0 Å². The van der Waals surface area contributed by atoms with Crippen LogP contribution in [0.15, 0.2) is 24.3 Å². The molecule has 0 amide bonds. The van der Waals surface area contributed by atoms with Gasteiger partial charge in [0.25, 0.3) is 0 Å². The van der Waals surface area contributed by atoms with Gasteiger partial charge in [-0.3, -0.25) is 0 Å². The molecule has 94 valence electrons. The number of rotatable bonds is 5. The largest absolute Gasteiger partial charge is 0.496 e. The Hall–Kier alpha value is -0.670. The van der Waals surface area contributed by atoms with Gasteiger partial charge in [-0.2, -0.15) is 0 Å². The van der Waals surface area contributed by atoms with E-state index < -0.39 is 0 Å². The molecule has 0 radical (unpaired) electrons. The molecule has 2 nitrogen and oxygen atoms in total. The highest BCUT2D eigenvalue weighted by Gasteiger charge is 2.22. The average molecular weight is 251 g/mol. The summed E-state index contributed by atoms with van der Waals surface area (Å²) >= 11 is 2.03. The van der Waals surface area contributed by atoms with Crippen molar-refractivity contribution in [3.63, 3.8) is 0 Å². The lowest BCUT2D eigenvalue weighted by Crippen LogP contribution is -2.13. The second-order valence-electron chi connectivity index (χ2n) is 4.51. The Kier molecular flexibility index (Phi) is 4.75. The molecule has 0 bridgehead atoms. The summed E-state index contributed by atoms with van der Waals surface area (Å²) in [6.07, 6.45) is 5.44. The first kappa shape index (κ1) is 12.8. The predicted molar refractivity (Wildman–Crippen MR) is 74.6 cm³/mol. The van der Waals surface area contributed by atoms with Gasteiger partial charge in [0.15, 0.2) is 0 Å². The van der Waals surface area contributed by atoms with Crippen LogP contribution in [0.25, 0.3) is 0 Å². The quantitative estimate of drug-likeness (QED) is 0.871. The molecule has 0 saturated heterocycles. The van der Waals surface area contributed by atoms with Crippen molar-refractivity contribution in [1.82, 2.24) is 0 Å². The molecule has 2 rings (SSSR count). The van der Waals surface area contributed by atoms with E-state index in [-0.39, 0.29) is 0 Å². The van der Waals surface area contributed by atoms with E-state index in [0.29, 0.717) is 11.8 Å². The van der Waals surface area contributed by atoms with Crippen molar-refractivity contribution in [3.8, 4) is 5.75 Å². The number of ether oxygens (including phenoxy) is 1. The molecule has 0 heterocycles. The summed E-state index contributed by atoms with van der Waals surface area (Å²) in [6.45, 7) is 0.682. The second kappa shape index (κ2) is 6.31. The lowest BCUT2D eigenvalue weighted by Gasteiger charge is -2.21. The van der Waals surface area contributed by atoms with Crippen molar-refractivity contribution in [3.05, 3.63) is 29.8 Å². The summed E-state index contributed by atoms with van der Waals surface area (Å²) in [7, 11) is 1.73. The Labute approximate surface area is 108 Å². The summed E-state index contributed by atoms with van der Waals surface area (Å²) in [5.41, 5.74) is 7.17. The first-order valence-corrected chi connectivity index (χ1v) is 7.28. The van der Waals surface area contributed by atoms with Crippen LogP contribution in [-0.4, -0.2) is 18.9 Å². The number of methoxy groups -OCH3 is 1. The summed E-state index contributed by atoms with van der Waals surface area (Å²) < 4.78 is 5.42. The summed E-state index contributed by atoms with van der Waals surface area (Å²) in [5, 5.41) is 1.16. The normalized spacial score (nSPS) is 18.2. The van der Waals surface area contributed by atoms with E-state index in [1.807, 2.05) is 23.9 Å². The maximum Gasteiger partial charge on any atom is 0.123 e. The van der Waals surface area contributed by atoms with Gasteiger partial charge in [0.2, 0.25) is 0 Å². The van der Waals surface area contributed by atoms with Crippen molar-refractivity contribution in [2.24, 2.45) is 5.73 Å². The molecule has 17 heavy (non-hydrogen) atoms. The lowest BCUT2D eigenvalue weighted by molar-refractivity contribution is 0.409. The Morgan fingerprint density at radius 2 is 2.06 bits per heavy atom.